The first-order valence-corrected chi connectivity index (χ1v) is 7.60. The number of likely N-dealkylation sites (N-methyl/N-ethyl adjacent to an activating group) is 1. The summed E-state index contributed by atoms with van der Waals surface area (Å²) in [6.07, 6.45) is 1.01. The van der Waals surface area contributed by atoms with E-state index in [1.54, 1.807) is 13.2 Å². The molecule has 0 bridgehead atoms. The number of likely N-dealkylation sites (tertiary alicyclic amines) is 1. The molecule has 1 unspecified atom stereocenters. The second-order valence-corrected chi connectivity index (χ2v) is 6.36. The van der Waals surface area contributed by atoms with Crippen molar-refractivity contribution >= 4 is 15.7 Å². The Hall–Kier alpha value is -1.31. The summed E-state index contributed by atoms with van der Waals surface area (Å²) in [5.74, 6) is 0.613. The number of sulfonamides is 1. The number of hydrogen-bond donors (Lipinski definition) is 2. The van der Waals surface area contributed by atoms with E-state index in [2.05, 4.69) is 17.3 Å². The quantitative estimate of drug-likeness (QED) is 0.839. The summed E-state index contributed by atoms with van der Waals surface area (Å²) >= 11 is 0. The van der Waals surface area contributed by atoms with Gasteiger partial charge in [-0.2, -0.15) is 0 Å². The molecular formula is C12H19N3O3S. The van der Waals surface area contributed by atoms with Gasteiger partial charge in [0.25, 0.3) is 0 Å². The van der Waals surface area contributed by atoms with Crippen LogP contribution in [-0.4, -0.2) is 46.6 Å². The van der Waals surface area contributed by atoms with E-state index in [0.717, 1.165) is 19.5 Å². The lowest BCUT2D eigenvalue weighted by atomic mass is 10.2. The van der Waals surface area contributed by atoms with Crippen LogP contribution in [0.25, 0.3) is 0 Å². The van der Waals surface area contributed by atoms with Crippen molar-refractivity contribution in [1.82, 2.24) is 4.90 Å². The molecule has 7 heteroatoms. The van der Waals surface area contributed by atoms with E-state index in [-0.39, 0.29) is 10.9 Å². The molecule has 0 radical (unpaired) electrons. The van der Waals surface area contributed by atoms with Crippen LogP contribution < -0.4 is 15.2 Å². The Bertz CT molecular complexity index is 559. The second-order valence-electron chi connectivity index (χ2n) is 4.80. The third kappa shape index (κ3) is 3.37. The number of nitrogens with zero attached hydrogens (tertiary/aromatic N) is 1. The third-order valence-corrected chi connectivity index (χ3v) is 4.16. The van der Waals surface area contributed by atoms with Crippen LogP contribution in [0.4, 0.5) is 5.69 Å². The molecule has 0 spiro atoms. The summed E-state index contributed by atoms with van der Waals surface area (Å²) in [5.41, 5.74) is 0.661. The highest BCUT2D eigenvalue weighted by atomic mass is 32.2. The Balaban J connectivity index is 2.26. The minimum absolute atomic E-state index is 0.0853. The smallest absolute Gasteiger partial charge is 0.238 e. The molecule has 106 valence electrons. The Labute approximate surface area is 113 Å². The third-order valence-electron chi connectivity index (χ3n) is 3.25. The average molecular weight is 285 g/mol. The number of ether oxygens (including phenoxy) is 1. The Morgan fingerprint density at radius 1 is 1.47 bits per heavy atom. The largest absolute Gasteiger partial charge is 0.495 e. The first-order chi connectivity index (χ1) is 8.90. The van der Waals surface area contributed by atoms with Gasteiger partial charge in [0.2, 0.25) is 10.0 Å². The summed E-state index contributed by atoms with van der Waals surface area (Å²) in [5, 5.41) is 8.46. The molecule has 2 rings (SSSR count). The Morgan fingerprint density at radius 2 is 2.21 bits per heavy atom. The molecule has 1 atom stereocenters. The minimum atomic E-state index is -3.70. The van der Waals surface area contributed by atoms with Gasteiger partial charge in [-0.25, -0.2) is 13.6 Å². The highest BCUT2D eigenvalue weighted by Gasteiger charge is 2.21. The molecule has 1 aromatic carbocycles. The molecule has 1 aromatic rings. The number of primary sulfonamides is 1. The standard InChI is InChI=1S/C12H19N3O3S/c1-15-6-5-9(8-15)14-11-7-10(19(13,16)17)3-4-12(11)18-2/h3-4,7,9,14H,5-6,8H2,1-2H3,(H2,13,16,17). The van der Waals surface area contributed by atoms with Gasteiger partial charge in [0.05, 0.1) is 17.7 Å². The van der Waals surface area contributed by atoms with Gasteiger partial charge in [0, 0.05) is 12.6 Å². The molecule has 1 aliphatic heterocycles. The zero-order valence-electron chi connectivity index (χ0n) is 11.1. The predicted molar refractivity (Wildman–Crippen MR) is 73.9 cm³/mol. The molecule has 6 nitrogen and oxygen atoms in total. The highest BCUT2D eigenvalue weighted by molar-refractivity contribution is 7.89. The maximum atomic E-state index is 11.4. The Morgan fingerprint density at radius 3 is 2.74 bits per heavy atom. The molecule has 19 heavy (non-hydrogen) atoms. The topological polar surface area (TPSA) is 84.7 Å². The number of benzene rings is 1. The molecule has 0 aromatic heterocycles. The van der Waals surface area contributed by atoms with Gasteiger partial charge in [-0.05, 0) is 38.2 Å². The van der Waals surface area contributed by atoms with E-state index < -0.39 is 10.0 Å². The highest BCUT2D eigenvalue weighted by Crippen LogP contribution is 2.28. The van der Waals surface area contributed by atoms with Crippen LogP contribution in [-0.2, 0) is 10.0 Å². The summed E-state index contributed by atoms with van der Waals surface area (Å²) in [6, 6.07) is 4.86. The van der Waals surface area contributed by atoms with Crippen molar-refractivity contribution < 1.29 is 13.2 Å². The first-order valence-electron chi connectivity index (χ1n) is 6.06. The van der Waals surface area contributed by atoms with Crippen molar-refractivity contribution in [3.05, 3.63) is 18.2 Å². The summed E-state index contributed by atoms with van der Waals surface area (Å²) < 4.78 is 28.0. The maximum Gasteiger partial charge on any atom is 0.238 e. The van der Waals surface area contributed by atoms with Crippen LogP contribution in [0.15, 0.2) is 23.1 Å². The van der Waals surface area contributed by atoms with Crippen LogP contribution in [0, 0.1) is 0 Å². The van der Waals surface area contributed by atoms with Crippen molar-refractivity contribution in [2.45, 2.75) is 17.4 Å². The first kappa shape index (κ1) is 14.1. The van der Waals surface area contributed by atoms with Gasteiger partial charge < -0.3 is 15.0 Å². The zero-order chi connectivity index (χ0) is 14.0. The van der Waals surface area contributed by atoms with Gasteiger partial charge in [-0.15, -0.1) is 0 Å². The molecule has 0 saturated carbocycles. The van der Waals surface area contributed by atoms with E-state index in [1.807, 2.05) is 0 Å². The fraction of sp³-hybridized carbons (Fsp3) is 0.500. The van der Waals surface area contributed by atoms with Crippen LogP contribution in [0.5, 0.6) is 5.75 Å². The fourth-order valence-corrected chi connectivity index (χ4v) is 2.79. The lowest BCUT2D eigenvalue weighted by molar-refractivity contribution is 0.410. The van der Waals surface area contributed by atoms with Gasteiger partial charge in [-0.1, -0.05) is 0 Å². The number of rotatable bonds is 4. The molecule has 0 amide bonds. The molecule has 1 saturated heterocycles. The predicted octanol–water partition coefficient (Wildman–Crippen LogP) is 0.459. The van der Waals surface area contributed by atoms with Crippen LogP contribution in [0.3, 0.4) is 0 Å². The maximum absolute atomic E-state index is 11.4. The second kappa shape index (κ2) is 5.36. The van der Waals surface area contributed by atoms with Crippen molar-refractivity contribution in [2.24, 2.45) is 5.14 Å². The van der Waals surface area contributed by atoms with Gasteiger partial charge in [-0.3, -0.25) is 0 Å². The molecule has 3 N–H and O–H groups in total. The minimum Gasteiger partial charge on any atom is -0.495 e. The van der Waals surface area contributed by atoms with Gasteiger partial charge >= 0.3 is 0 Å². The van der Waals surface area contributed by atoms with Crippen molar-refractivity contribution in [1.29, 1.82) is 0 Å². The van der Waals surface area contributed by atoms with Crippen molar-refractivity contribution in [3.63, 3.8) is 0 Å². The van der Waals surface area contributed by atoms with Crippen molar-refractivity contribution in [2.75, 3.05) is 32.6 Å². The molecule has 1 heterocycles. The normalized spacial score (nSPS) is 20.5. The van der Waals surface area contributed by atoms with Crippen LogP contribution in [0.2, 0.25) is 0 Å². The van der Waals surface area contributed by atoms with E-state index in [1.165, 1.54) is 12.1 Å². The molecule has 1 fully saturated rings. The molecule has 0 aliphatic carbocycles. The van der Waals surface area contributed by atoms with E-state index >= 15 is 0 Å². The van der Waals surface area contributed by atoms with Gasteiger partial charge in [0.1, 0.15) is 5.75 Å². The summed E-state index contributed by atoms with van der Waals surface area (Å²) in [6.45, 7) is 1.94. The fourth-order valence-electron chi connectivity index (χ4n) is 2.25. The van der Waals surface area contributed by atoms with Crippen LogP contribution >= 0.6 is 0 Å². The molecular weight excluding hydrogens is 266 g/mol. The zero-order valence-corrected chi connectivity index (χ0v) is 11.9. The van der Waals surface area contributed by atoms with E-state index in [4.69, 9.17) is 9.88 Å². The summed E-state index contributed by atoms with van der Waals surface area (Å²) in [7, 11) is -0.0919. The average Bonchev–Trinajstić information content (AvgIpc) is 2.73. The van der Waals surface area contributed by atoms with E-state index in [0.29, 0.717) is 11.4 Å². The number of nitrogens with one attached hydrogen (secondary N) is 1. The number of nitrogens with two attached hydrogens (primary N) is 1. The van der Waals surface area contributed by atoms with Gasteiger partial charge in [0.15, 0.2) is 0 Å². The Kier molecular flexibility index (Phi) is 3.98. The monoisotopic (exact) mass is 285 g/mol. The lowest BCUT2D eigenvalue weighted by Gasteiger charge is -2.17. The number of hydrogen-bond acceptors (Lipinski definition) is 5. The molecule has 1 aliphatic rings. The van der Waals surface area contributed by atoms with Crippen molar-refractivity contribution in [3.8, 4) is 5.75 Å². The number of methoxy groups -OCH3 is 1. The SMILES string of the molecule is COc1ccc(S(N)(=O)=O)cc1NC1CCN(C)C1. The number of anilines is 1. The van der Waals surface area contributed by atoms with Crippen LogP contribution in [0.1, 0.15) is 6.42 Å². The van der Waals surface area contributed by atoms with E-state index in [9.17, 15) is 8.42 Å². The summed E-state index contributed by atoms with van der Waals surface area (Å²) in [4.78, 5) is 2.30. The lowest BCUT2D eigenvalue weighted by Crippen LogP contribution is -2.24.